The molecule has 7 heteroatoms. The van der Waals surface area contributed by atoms with Gasteiger partial charge in [-0.3, -0.25) is 9.59 Å². The van der Waals surface area contributed by atoms with Gasteiger partial charge in [0.1, 0.15) is 5.82 Å². The van der Waals surface area contributed by atoms with Crippen LogP contribution in [-0.2, 0) is 9.59 Å². The van der Waals surface area contributed by atoms with E-state index in [1.165, 1.54) is 12.1 Å². The highest BCUT2D eigenvalue weighted by atomic mass is 35.5. The number of nitrogens with one attached hydrogen (secondary N) is 2. The predicted molar refractivity (Wildman–Crippen MR) is 89.2 cm³/mol. The molecule has 2 aromatic rings. The predicted octanol–water partition coefficient (Wildman–Crippen LogP) is 2.58. The number of aliphatic hydroxyl groups excluding tert-OH is 1. The Balaban J connectivity index is 1.89. The van der Waals surface area contributed by atoms with Gasteiger partial charge in [-0.1, -0.05) is 29.8 Å². The first kappa shape index (κ1) is 17.9. The summed E-state index contributed by atoms with van der Waals surface area (Å²) < 4.78 is 13.6. The lowest BCUT2D eigenvalue weighted by Crippen LogP contribution is -2.37. The normalized spacial score (nSPS) is 11.7. The van der Waals surface area contributed by atoms with Gasteiger partial charge < -0.3 is 15.7 Å². The standard InChI is InChI=1S/C17H16ClFN2O3/c1-10-2-7-14(13(19)8-10)21-17(24)16(23)20-9-15(22)11-3-5-12(18)6-4-11/h2-8,15,22H,9H2,1H3,(H,20,23)(H,21,24). The zero-order valence-electron chi connectivity index (χ0n) is 12.8. The first-order valence-electron chi connectivity index (χ1n) is 7.15. The minimum absolute atomic E-state index is 0.0843. The Morgan fingerprint density at radius 1 is 1.17 bits per heavy atom. The molecule has 1 unspecified atom stereocenters. The van der Waals surface area contributed by atoms with Gasteiger partial charge >= 0.3 is 11.8 Å². The summed E-state index contributed by atoms with van der Waals surface area (Å²) in [5, 5.41) is 15.0. The van der Waals surface area contributed by atoms with Crippen LogP contribution >= 0.6 is 11.6 Å². The molecule has 0 aliphatic carbocycles. The molecular weight excluding hydrogens is 335 g/mol. The number of hydrogen-bond acceptors (Lipinski definition) is 3. The fourth-order valence-electron chi connectivity index (χ4n) is 1.97. The van der Waals surface area contributed by atoms with Gasteiger partial charge in [0.25, 0.3) is 0 Å². The van der Waals surface area contributed by atoms with Gasteiger partial charge in [-0.15, -0.1) is 0 Å². The second-order valence-corrected chi connectivity index (χ2v) is 5.65. The molecule has 0 bridgehead atoms. The third kappa shape index (κ3) is 4.78. The summed E-state index contributed by atoms with van der Waals surface area (Å²) in [4.78, 5) is 23.5. The molecule has 1 atom stereocenters. The average molecular weight is 351 g/mol. The molecule has 2 rings (SSSR count). The van der Waals surface area contributed by atoms with Crippen molar-refractivity contribution in [2.75, 3.05) is 11.9 Å². The van der Waals surface area contributed by atoms with E-state index in [2.05, 4.69) is 10.6 Å². The van der Waals surface area contributed by atoms with E-state index < -0.39 is 23.7 Å². The Morgan fingerprint density at radius 3 is 2.46 bits per heavy atom. The Labute approximate surface area is 143 Å². The molecule has 0 saturated heterocycles. The average Bonchev–Trinajstić information content (AvgIpc) is 2.55. The molecule has 0 spiro atoms. The Morgan fingerprint density at radius 2 is 1.83 bits per heavy atom. The maximum atomic E-state index is 13.6. The summed E-state index contributed by atoms with van der Waals surface area (Å²) in [6.45, 7) is 1.55. The van der Waals surface area contributed by atoms with Gasteiger partial charge in [-0.2, -0.15) is 0 Å². The van der Waals surface area contributed by atoms with Gasteiger partial charge in [0.15, 0.2) is 0 Å². The molecule has 24 heavy (non-hydrogen) atoms. The zero-order chi connectivity index (χ0) is 17.7. The summed E-state index contributed by atoms with van der Waals surface area (Å²) >= 11 is 5.75. The fraction of sp³-hybridized carbons (Fsp3) is 0.176. The zero-order valence-corrected chi connectivity index (χ0v) is 13.6. The van der Waals surface area contributed by atoms with Gasteiger partial charge in [-0.05, 0) is 42.3 Å². The summed E-state index contributed by atoms with van der Waals surface area (Å²) in [6.07, 6.45) is -0.991. The van der Waals surface area contributed by atoms with Crippen LogP contribution < -0.4 is 10.6 Å². The molecule has 0 aliphatic heterocycles. The van der Waals surface area contributed by atoms with Crippen molar-refractivity contribution in [2.24, 2.45) is 0 Å². The third-order valence-electron chi connectivity index (χ3n) is 3.29. The van der Waals surface area contributed by atoms with E-state index in [4.69, 9.17) is 11.6 Å². The second kappa shape index (κ2) is 7.90. The molecule has 2 aromatic carbocycles. The number of carbonyl (C=O) groups is 2. The minimum Gasteiger partial charge on any atom is -0.387 e. The van der Waals surface area contributed by atoms with Crippen LogP contribution in [0.15, 0.2) is 42.5 Å². The van der Waals surface area contributed by atoms with Gasteiger partial charge in [-0.25, -0.2) is 4.39 Å². The van der Waals surface area contributed by atoms with Crippen molar-refractivity contribution in [3.05, 3.63) is 64.4 Å². The Hall–Kier alpha value is -2.44. The first-order valence-corrected chi connectivity index (χ1v) is 7.53. The molecule has 3 N–H and O–H groups in total. The summed E-state index contributed by atoms with van der Waals surface area (Å²) in [5.41, 5.74) is 1.16. The van der Waals surface area contributed by atoms with E-state index in [-0.39, 0.29) is 12.2 Å². The molecule has 126 valence electrons. The van der Waals surface area contributed by atoms with E-state index in [1.54, 1.807) is 37.3 Å². The number of carbonyl (C=O) groups excluding carboxylic acids is 2. The summed E-state index contributed by atoms with van der Waals surface area (Å²) in [7, 11) is 0. The monoisotopic (exact) mass is 350 g/mol. The van der Waals surface area contributed by atoms with Crippen molar-refractivity contribution in [2.45, 2.75) is 13.0 Å². The highest BCUT2D eigenvalue weighted by molar-refractivity contribution is 6.39. The molecular formula is C17H16ClFN2O3. The van der Waals surface area contributed by atoms with Crippen LogP contribution in [-0.4, -0.2) is 23.5 Å². The van der Waals surface area contributed by atoms with E-state index in [9.17, 15) is 19.1 Å². The van der Waals surface area contributed by atoms with Gasteiger partial charge in [0.2, 0.25) is 0 Å². The topological polar surface area (TPSA) is 78.4 Å². The van der Waals surface area contributed by atoms with Crippen molar-refractivity contribution in [1.29, 1.82) is 0 Å². The van der Waals surface area contributed by atoms with Crippen molar-refractivity contribution in [3.8, 4) is 0 Å². The lowest BCUT2D eigenvalue weighted by Gasteiger charge is -2.12. The van der Waals surface area contributed by atoms with Crippen LogP contribution in [0.1, 0.15) is 17.2 Å². The highest BCUT2D eigenvalue weighted by Gasteiger charge is 2.17. The number of amides is 2. The molecule has 0 aromatic heterocycles. The molecule has 0 fully saturated rings. The first-order chi connectivity index (χ1) is 11.4. The van der Waals surface area contributed by atoms with E-state index in [1.807, 2.05) is 0 Å². The van der Waals surface area contributed by atoms with E-state index >= 15 is 0 Å². The highest BCUT2D eigenvalue weighted by Crippen LogP contribution is 2.16. The third-order valence-corrected chi connectivity index (χ3v) is 3.54. The number of anilines is 1. The molecule has 0 radical (unpaired) electrons. The van der Waals surface area contributed by atoms with Gasteiger partial charge in [0.05, 0.1) is 11.8 Å². The van der Waals surface area contributed by atoms with Crippen LogP contribution in [0.4, 0.5) is 10.1 Å². The lowest BCUT2D eigenvalue weighted by molar-refractivity contribution is -0.136. The Bertz CT molecular complexity index is 750. The lowest BCUT2D eigenvalue weighted by atomic mass is 10.1. The number of aliphatic hydroxyl groups is 1. The molecule has 5 nitrogen and oxygen atoms in total. The maximum absolute atomic E-state index is 13.6. The minimum atomic E-state index is -1.01. The smallest absolute Gasteiger partial charge is 0.313 e. The maximum Gasteiger partial charge on any atom is 0.313 e. The SMILES string of the molecule is Cc1ccc(NC(=O)C(=O)NCC(O)c2ccc(Cl)cc2)c(F)c1. The number of hydrogen-bond donors (Lipinski definition) is 3. The second-order valence-electron chi connectivity index (χ2n) is 5.21. The largest absolute Gasteiger partial charge is 0.387 e. The van der Waals surface area contributed by atoms with Crippen molar-refractivity contribution >= 4 is 29.1 Å². The van der Waals surface area contributed by atoms with Crippen molar-refractivity contribution in [1.82, 2.24) is 5.32 Å². The number of aryl methyl sites for hydroxylation is 1. The van der Waals surface area contributed by atoms with Crippen molar-refractivity contribution in [3.63, 3.8) is 0 Å². The molecule has 0 heterocycles. The van der Waals surface area contributed by atoms with Crippen LogP contribution in [0, 0.1) is 12.7 Å². The number of halogens is 2. The van der Waals surface area contributed by atoms with E-state index in [0.717, 1.165) is 0 Å². The molecule has 0 aliphatic rings. The number of rotatable bonds is 4. The van der Waals surface area contributed by atoms with Gasteiger partial charge in [0, 0.05) is 11.6 Å². The molecule has 0 saturated carbocycles. The summed E-state index contributed by atoms with van der Waals surface area (Å²) in [6, 6.07) is 10.7. The number of benzene rings is 2. The summed E-state index contributed by atoms with van der Waals surface area (Å²) in [5.74, 6) is -2.61. The van der Waals surface area contributed by atoms with Crippen LogP contribution in [0.2, 0.25) is 5.02 Å². The van der Waals surface area contributed by atoms with Crippen LogP contribution in [0.3, 0.4) is 0 Å². The Kier molecular flexibility index (Phi) is 5.89. The quantitative estimate of drug-likeness (QED) is 0.742. The molecule has 2 amide bonds. The van der Waals surface area contributed by atoms with E-state index in [0.29, 0.717) is 16.1 Å². The van der Waals surface area contributed by atoms with Crippen LogP contribution in [0.5, 0.6) is 0 Å². The fourth-order valence-corrected chi connectivity index (χ4v) is 2.10. The van der Waals surface area contributed by atoms with Crippen LogP contribution in [0.25, 0.3) is 0 Å². The van der Waals surface area contributed by atoms with Crippen molar-refractivity contribution < 1.29 is 19.1 Å².